The van der Waals surface area contributed by atoms with E-state index in [0.717, 1.165) is 5.56 Å². The van der Waals surface area contributed by atoms with E-state index in [1.165, 1.54) is 0 Å². The smallest absolute Gasteiger partial charge is 0.262 e. The lowest BCUT2D eigenvalue weighted by Gasteiger charge is -2.21. The summed E-state index contributed by atoms with van der Waals surface area (Å²) in [5, 5.41) is 2.71. The maximum atomic E-state index is 11.1. The van der Waals surface area contributed by atoms with Gasteiger partial charge < -0.3 is 15.8 Å². The molecule has 1 heterocycles. The third-order valence-corrected chi connectivity index (χ3v) is 2.44. The van der Waals surface area contributed by atoms with E-state index >= 15 is 0 Å². The summed E-state index contributed by atoms with van der Waals surface area (Å²) < 4.78 is 5.32. The van der Waals surface area contributed by atoms with Crippen molar-refractivity contribution in [3.05, 3.63) is 17.7 Å². The number of fused-ring (bicyclic) bond motifs is 1. The Morgan fingerprint density at radius 3 is 2.87 bits per heavy atom. The summed E-state index contributed by atoms with van der Waals surface area (Å²) in [4.78, 5) is 11.1. The fourth-order valence-electron chi connectivity index (χ4n) is 1.56. The summed E-state index contributed by atoms with van der Waals surface area (Å²) >= 11 is 0. The molecule has 0 radical (unpaired) electrons. The van der Waals surface area contributed by atoms with E-state index in [0.29, 0.717) is 23.0 Å². The van der Waals surface area contributed by atoms with Gasteiger partial charge in [0.25, 0.3) is 5.91 Å². The number of amides is 1. The number of nitrogen functional groups attached to an aromatic ring is 1. The molecule has 15 heavy (non-hydrogen) atoms. The van der Waals surface area contributed by atoms with E-state index in [1.807, 2.05) is 12.1 Å². The van der Waals surface area contributed by atoms with Crippen LogP contribution in [0.5, 0.6) is 5.75 Å². The third kappa shape index (κ3) is 1.75. The minimum atomic E-state index is -0.161. The molecule has 0 fully saturated rings. The van der Waals surface area contributed by atoms with Gasteiger partial charge in [-0.15, -0.1) is 0 Å². The van der Waals surface area contributed by atoms with Crippen LogP contribution in [-0.2, 0) is 4.79 Å². The molecule has 1 aliphatic heterocycles. The van der Waals surface area contributed by atoms with Crippen LogP contribution in [0.15, 0.2) is 12.1 Å². The van der Waals surface area contributed by atoms with Crippen LogP contribution in [-0.4, -0.2) is 12.5 Å². The molecule has 0 aromatic heterocycles. The van der Waals surface area contributed by atoms with Crippen molar-refractivity contribution in [2.45, 2.75) is 19.8 Å². The van der Waals surface area contributed by atoms with Crippen molar-refractivity contribution < 1.29 is 9.53 Å². The summed E-state index contributed by atoms with van der Waals surface area (Å²) in [5.41, 5.74) is 8.11. The Labute approximate surface area is 88.4 Å². The summed E-state index contributed by atoms with van der Waals surface area (Å²) in [5.74, 6) is 0.892. The van der Waals surface area contributed by atoms with Crippen molar-refractivity contribution >= 4 is 17.3 Å². The molecule has 1 amide bonds. The minimum Gasteiger partial charge on any atom is -0.481 e. The first-order chi connectivity index (χ1) is 7.08. The van der Waals surface area contributed by atoms with E-state index in [-0.39, 0.29) is 12.5 Å². The van der Waals surface area contributed by atoms with Crippen LogP contribution in [0.3, 0.4) is 0 Å². The molecule has 80 valence electrons. The zero-order chi connectivity index (χ0) is 11.0. The summed E-state index contributed by atoms with van der Waals surface area (Å²) in [7, 11) is 0. The molecule has 1 aromatic rings. The number of carbonyl (C=O) groups excluding carboxylic acids is 1. The Morgan fingerprint density at radius 2 is 2.20 bits per heavy atom. The van der Waals surface area contributed by atoms with Gasteiger partial charge in [0.05, 0.1) is 5.69 Å². The van der Waals surface area contributed by atoms with Crippen LogP contribution in [0.1, 0.15) is 25.3 Å². The van der Waals surface area contributed by atoms with Crippen LogP contribution in [0.2, 0.25) is 0 Å². The Morgan fingerprint density at radius 1 is 1.47 bits per heavy atom. The molecule has 0 spiro atoms. The number of benzene rings is 1. The highest BCUT2D eigenvalue weighted by Crippen LogP contribution is 2.36. The predicted octanol–water partition coefficient (Wildman–Crippen LogP) is 1.72. The van der Waals surface area contributed by atoms with Gasteiger partial charge in [-0.1, -0.05) is 13.8 Å². The van der Waals surface area contributed by atoms with E-state index in [2.05, 4.69) is 19.2 Å². The van der Waals surface area contributed by atoms with Gasteiger partial charge in [0.2, 0.25) is 0 Å². The van der Waals surface area contributed by atoms with Crippen molar-refractivity contribution in [3.63, 3.8) is 0 Å². The molecule has 4 nitrogen and oxygen atoms in total. The van der Waals surface area contributed by atoms with Crippen molar-refractivity contribution in [1.29, 1.82) is 0 Å². The largest absolute Gasteiger partial charge is 0.481 e. The number of hydrogen-bond acceptors (Lipinski definition) is 3. The summed E-state index contributed by atoms with van der Waals surface area (Å²) in [6, 6.07) is 3.80. The van der Waals surface area contributed by atoms with E-state index in [4.69, 9.17) is 10.5 Å². The Balaban J connectivity index is 2.47. The molecule has 0 aliphatic carbocycles. The van der Waals surface area contributed by atoms with Gasteiger partial charge >= 0.3 is 0 Å². The van der Waals surface area contributed by atoms with Crippen molar-refractivity contribution in [2.75, 3.05) is 17.7 Å². The summed E-state index contributed by atoms with van der Waals surface area (Å²) in [6.07, 6.45) is 0. The number of carbonyl (C=O) groups is 1. The molecule has 3 N–H and O–H groups in total. The first kappa shape index (κ1) is 9.83. The maximum Gasteiger partial charge on any atom is 0.262 e. The van der Waals surface area contributed by atoms with Crippen LogP contribution < -0.4 is 15.8 Å². The maximum absolute atomic E-state index is 11.1. The average Bonchev–Trinajstić information content (AvgIpc) is 2.18. The number of nitrogens with one attached hydrogen (secondary N) is 1. The van der Waals surface area contributed by atoms with Crippen LogP contribution in [0.4, 0.5) is 11.4 Å². The number of rotatable bonds is 1. The zero-order valence-corrected chi connectivity index (χ0v) is 8.83. The average molecular weight is 206 g/mol. The number of anilines is 2. The molecule has 4 heteroatoms. The Hall–Kier alpha value is -1.71. The lowest BCUT2D eigenvalue weighted by molar-refractivity contribution is -0.118. The second-order valence-electron chi connectivity index (χ2n) is 3.97. The van der Waals surface area contributed by atoms with E-state index in [9.17, 15) is 4.79 Å². The van der Waals surface area contributed by atoms with Crippen LogP contribution in [0.25, 0.3) is 0 Å². The lowest BCUT2D eigenvalue weighted by atomic mass is 10.0. The van der Waals surface area contributed by atoms with Crippen molar-refractivity contribution in [3.8, 4) is 5.75 Å². The van der Waals surface area contributed by atoms with Crippen LogP contribution in [0, 0.1) is 0 Å². The number of hydrogen-bond donors (Lipinski definition) is 2. The minimum absolute atomic E-state index is 0.0635. The molecule has 0 atom stereocenters. The monoisotopic (exact) mass is 206 g/mol. The molecule has 0 saturated carbocycles. The highest BCUT2D eigenvalue weighted by Gasteiger charge is 2.19. The van der Waals surface area contributed by atoms with Crippen molar-refractivity contribution in [1.82, 2.24) is 0 Å². The molecule has 0 bridgehead atoms. The predicted molar refractivity (Wildman–Crippen MR) is 59.1 cm³/mol. The highest BCUT2D eigenvalue weighted by molar-refractivity contribution is 5.99. The molecular formula is C11H14N2O2. The van der Waals surface area contributed by atoms with Crippen molar-refractivity contribution in [2.24, 2.45) is 0 Å². The second-order valence-corrected chi connectivity index (χ2v) is 3.97. The Kier molecular flexibility index (Phi) is 2.26. The normalized spacial score (nSPS) is 14.5. The Bertz CT molecular complexity index is 413. The van der Waals surface area contributed by atoms with Gasteiger partial charge in [0.1, 0.15) is 11.4 Å². The van der Waals surface area contributed by atoms with E-state index in [1.54, 1.807) is 0 Å². The highest BCUT2D eigenvalue weighted by atomic mass is 16.5. The van der Waals surface area contributed by atoms with Gasteiger partial charge in [0.15, 0.2) is 6.61 Å². The molecule has 0 unspecified atom stereocenters. The van der Waals surface area contributed by atoms with E-state index < -0.39 is 0 Å². The molecule has 1 aliphatic rings. The molecule has 1 aromatic carbocycles. The van der Waals surface area contributed by atoms with Gasteiger partial charge in [-0.05, 0) is 23.6 Å². The number of ether oxygens (including phenoxy) is 1. The topological polar surface area (TPSA) is 64.3 Å². The SMILES string of the molecule is CC(C)c1cc(N)c2c(c1)OCC(=O)N2. The standard InChI is InChI=1S/C11H14N2O2/c1-6(2)7-3-8(12)11-9(4-7)15-5-10(14)13-11/h3-4,6H,5,12H2,1-2H3,(H,13,14). The lowest BCUT2D eigenvalue weighted by Crippen LogP contribution is -2.26. The zero-order valence-electron chi connectivity index (χ0n) is 8.83. The van der Waals surface area contributed by atoms with Gasteiger partial charge in [-0.25, -0.2) is 0 Å². The van der Waals surface area contributed by atoms with Gasteiger partial charge in [-0.3, -0.25) is 4.79 Å². The van der Waals surface area contributed by atoms with Gasteiger partial charge in [-0.2, -0.15) is 0 Å². The molecule has 2 rings (SSSR count). The number of nitrogens with two attached hydrogens (primary N) is 1. The van der Waals surface area contributed by atoms with Gasteiger partial charge in [0, 0.05) is 0 Å². The summed E-state index contributed by atoms with van der Waals surface area (Å²) in [6.45, 7) is 4.24. The first-order valence-electron chi connectivity index (χ1n) is 4.94. The fourth-order valence-corrected chi connectivity index (χ4v) is 1.56. The second kappa shape index (κ2) is 3.46. The fraction of sp³-hybridized carbons (Fsp3) is 0.364. The third-order valence-electron chi connectivity index (χ3n) is 2.44. The van der Waals surface area contributed by atoms with Crippen LogP contribution >= 0.6 is 0 Å². The molecular weight excluding hydrogens is 192 g/mol. The quantitative estimate of drug-likeness (QED) is 0.688. The first-order valence-corrected chi connectivity index (χ1v) is 4.94. The molecule has 0 saturated heterocycles.